The zero-order chi connectivity index (χ0) is 14.2. The highest BCUT2D eigenvalue weighted by Gasteiger charge is 2.20. The topological polar surface area (TPSA) is 37.3 Å². The first-order chi connectivity index (χ1) is 8.95. The molecule has 2 rings (SSSR count). The van der Waals surface area contributed by atoms with E-state index in [9.17, 15) is 9.90 Å². The summed E-state index contributed by atoms with van der Waals surface area (Å²) < 4.78 is 0. The Morgan fingerprint density at radius 1 is 0.842 bits per heavy atom. The van der Waals surface area contributed by atoms with Gasteiger partial charge in [-0.2, -0.15) is 0 Å². The summed E-state index contributed by atoms with van der Waals surface area (Å²) >= 11 is 0. The van der Waals surface area contributed by atoms with Crippen LogP contribution in [0, 0.1) is 27.7 Å². The molecule has 0 aromatic heterocycles. The Morgan fingerprint density at radius 3 is 1.89 bits per heavy atom. The Morgan fingerprint density at radius 2 is 1.37 bits per heavy atom. The molecule has 2 heteroatoms. The average Bonchev–Trinajstić information content (AvgIpc) is 2.40. The number of hydrogen-bond donors (Lipinski definition) is 1. The van der Waals surface area contributed by atoms with Crippen molar-refractivity contribution in [2.45, 2.75) is 27.7 Å². The summed E-state index contributed by atoms with van der Waals surface area (Å²) in [5.74, 6) is -0.859. The van der Waals surface area contributed by atoms with E-state index in [-0.39, 0.29) is 0 Å². The lowest BCUT2D eigenvalue weighted by Crippen LogP contribution is -2.08. The molecule has 0 radical (unpaired) electrons. The van der Waals surface area contributed by atoms with Crippen molar-refractivity contribution >= 4 is 5.97 Å². The van der Waals surface area contributed by atoms with E-state index < -0.39 is 5.97 Å². The fraction of sp³-hybridized carbons (Fsp3) is 0.235. The van der Waals surface area contributed by atoms with E-state index in [4.69, 9.17) is 0 Å². The molecule has 2 aromatic rings. The predicted octanol–water partition coefficient (Wildman–Crippen LogP) is 4.29. The molecule has 0 aliphatic rings. The van der Waals surface area contributed by atoms with E-state index >= 15 is 0 Å². The normalized spacial score (nSPS) is 10.5. The Hall–Kier alpha value is -2.09. The van der Waals surface area contributed by atoms with Crippen molar-refractivity contribution in [1.82, 2.24) is 0 Å². The van der Waals surface area contributed by atoms with Crippen molar-refractivity contribution in [2.75, 3.05) is 0 Å². The minimum Gasteiger partial charge on any atom is -0.478 e. The Balaban J connectivity index is 2.90. The number of carboxylic acid groups (broad SMARTS) is 1. The van der Waals surface area contributed by atoms with Gasteiger partial charge >= 0.3 is 5.97 Å². The fourth-order valence-corrected chi connectivity index (χ4v) is 2.55. The molecule has 2 aromatic carbocycles. The number of carboxylic acids is 1. The number of aromatic carboxylic acids is 1. The van der Waals surface area contributed by atoms with E-state index in [1.165, 1.54) is 5.56 Å². The SMILES string of the molecule is Cc1c(C)c(C)c(-c2ccccc2)c(C(=O)O)c1C. The van der Waals surface area contributed by atoms with Crippen molar-refractivity contribution in [3.8, 4) is 11.1 Å². The monoisotopic (exact) mass is 254 g/mol. The third-order valence-electron chi connectivity index (χ3n) is 3.96. The molecule has 98 valence electrons. The van der Waals surface area contributed by atoms with E-state index in [2.05, 4.69) is 6.92 Å². The van der Waals surface area contributed by atoms with E-state index in [1.54, 1.807) is 0 Å². The highest BCUT2D eigenvalue weighted by Crippen LogP contribution is 2.34. The molecule has 0 amide bonds. The second-order valence-electron chi connectivity index (χ2n) is 4.92. The highest BCUT2D eigenvalue weighted by atomic mass is 16.4. The van der Waals surface area contributed by atoms with E-state index in [0.717, 1.165) is 27.8 Å². The van der Waals surface area contributed by atoms with Gasteiger partial charge in [-0.1, -0.05) is 30.3 Å². The summed E-state index contributed by atoms with van der Waals surface area (Å²) in [5.41, 5.74) is 6.36. The van der Waals surface area contributed by atoms with Crippen LogP contribution in [0.2, 0.25) is 0 Å². The first-order valence-electron chi connectivity index (χ1n) is 6.34. The molecular weight excluding hydrogens is 236 g/mol. The second-order valence-corrected chi connectivity index (χ2v) is 4.92. The zero-order valence-electron chi connectivity index (χ0n) is 11.7. The van der Waals surface area contributed by atoms with Crippen molar-refractivity contribution in [1.29, 1.82) is 0 Å². The molecule has 0 bridgehead atoms. The van der Waals surface area contributed by atoms with Crippen LogP contribution < -0.4 is 0 Å². The van der Waals surface area contributed by atoms with Gasteiger partial charge in [-0.15, -0.1) is 0 Å². The smallest absolute Gasteiger partial charge is 0.336 e. The number of rotatable bonds is 2. The van der Waals surface area contributed by atoms with Gasteiger partial charge in [-0.25, -0.2) is 4.79 Å². The van der Waals surface area contributed by atoms with Gasteiger partial charge < -0.3 is 5.11 Å². The van der Waals surface area contributed by atoms with Crippen LogP contribution in [-0.4, -0.2) is 11.1 Å². The average molecular weight is 254 g/mol. The zero-order valence-corrected chi connectivity index (χ0v) is 11.7. The molecule has 0 aliphatic carbocycles. The quantitative estimate of drug-likeness (QED) is 0.868. The summed E-state index contributed by atoms with van der Waals surface area (Å²) in [6.07, 6.45) is 0. The van der Waals surface area contributed by atoms with Crippen LogP contribution in [0.5, 0.6) is 0 Å². The lowest BCUT2D eigenvalue weighted by Gasteiger charge is -2.18. The van der Waals surface area contributed by atoms with Gasteiger partial charge in [-0.05, 0) is 61.1 Å². The first kappa shape index (κ1) is 13.3. The molecular formula is C17H18O2. The molecule has 0 saturated carbocycles. The van der Waals surface area contributed by atoms with Gasteiger partial charge in [-0.3, -0.25) is 0 Å². The number of benzene rings is 2. The van der Waals surface area contributed by atoms with E-state index in [1.807, 2.05) is 51.1 Å². The molecule has 1 N–H and O–H groups in total. The predicted molar refractivity (Wildman–Crippen MR) is 77.8 cm³/mol. The van der Waals surface area contributed by atoms with E-state index in [0.29, 0.717) is 5.56 Å². The van der Waals surface area contributed by atoms with Crippen LogP contribution in [0.15, 0.2) is 30.3 Å². The van der Waals surface area contributed by atoms with Crippen LogP contribution in [0.1, 0.15) is 32.6 Å². The van der Waals surface area contributed by atoms with Crippen molar-refractivity contribution < 1.29 is 9.90 Å². The summed E-state index contributed by atoms with van der Waals surface area (Å²) in [6.45, 7) is 7.92. The van der Waals surface area contributed by atoms with Gasteiger partial charge in [0.25, 0.3) is 0 Å². The minimum absolute atomic E-state index is 0.423. The largest absolute Gasteiger partial charge is 0.478 e. The molecule has 0 unspecified atom stereocenters. The lowest BCUT2D eigenvalue weighted by molar-refractivity contribution is 0.0696. The van der Waals surface area contributed by atoms with Crippen LogP contribution >= 0.6 is 0 Å². The maximum absolute atomic E-state index is 11.6. The van der Waals surface area contributed by atoms with Gasteiger partial charge in [0, 0.05) is 0 Å². The van der Waals surface area contributed by atoms with Crippen molar-refractivity contribution in [2.24, 2.45) is 0 Å². The molecule has 0 atom stereocenters. The van der Waals surface area contributed by atoms with Crippen molar-refractivity contribution in [3.63, 3.8) is 0 Å². The summed E-state index contributed by atoms with van der Waals surface area (Å²) in [6, 6.07) is 9.73. The number of carbonyl (C=O) groups is 1. The highest BCUT2D eigenvalue weighted by molar-refractivity contribution is 5.99. The van der Waals surface area contributed by atoms with Gasteiger partial charge in [0.05, 0.1) is 5.56 Å². The third-order valence-corrected chi connectivity index (χ3v) is 3.96. The molecule has 0 spiro atoms. The molecule has 0 saturated heterocycles. The second kappa shape index (κ2) is 4.88. The third kappa shape index (κ3) is 2.14. The molecule has 0 aliphatic heterocycles. The standard InChI is InChI=1S/C17H18O2/c1-10-11(2)13(4)16(17(18)19)15(12(10)3)14-8-6-5-7-9-14/h5-9H,1-4H3,(H,18,19). The Labute approximate surface area is 113 Å². The van der Waals surface area contributed by atoms with Gasteiger partial charge in [0.15, 0.2) is 0 Å². The summed E-state index contributed by atoms with van der Waals surface area (Å²) in [4.78, 5) is 11.6. The van der Waals surface area contributed by atoms with Crippen molar-refractivity contribution in [3.05, 3.63) is 58.1 Å². The van der Waals surface area contributed by atoms with Gasteiger partial charge in [0.2, 0.25) is 0 Å². The molecule has 19 heavy (non-hydrogen) atoms. The Kier molecular flexibility index (Phi) is 3.43. The number of hydrogen-bond acceptors (Lipinski definition) is 1. The fourth-order valence-electron chi connectivity index (χ4n) is 2.55. The maximum Gasteiger partial charge on any atom is 0.336 e. The van der Waals surface area contributed by atoms with Crippen LogP contribution in [-0.2, 0) is 0 Å². The minimum atomic E-state index is -0.859. The van der Waals surface area contributed by atoms with Crippen LogP contribution in [0.3, 0.4) is 0 Å². The van der Waals surface area contributed by atoms with Crippen LogP contribution in [0.25, 0.3) is 11.1 Å². The van der Waals surface area contributed by atoms with Crippen LogP contribution in [0.4, 0.5) is 0 Å². The summed E-state index contributed by atoms with van der Waals surface area (Å²) in [7, 11) is 0. The molecule has 0 heterocycles. The van der Waals surface area contributed by atoms with Gasteiger partial charge in [0.1, 0.15) is 0 Å². The summed E-state index contributed by atoms with van der Waals surface area (Å²) in [5, 5.41) is 9.55. The maximum atomic E-state index is 11.6. The molecule has 2 nitrogen and oxygen atoms in total. The lowest BCUT2D eigenvalue weighted by atomic mass is 9.85. The first-order valence-corrected chi connectivity index (χ1v) is 6.34. The molecule has 0 fully saturated rings. The Bertz CT molecular complexity index is 640.